The third-order valence-electron chi connectivity index (χ3n) is 2.91. The zero-order valence-electron chi connectivity index (χ0n) is 8.84. The largest absolute Gasteiger partial charge is 0.496 e. The van der Waals surface area contributed by atoms with Crippen LogP contribution in [0.4, 0.5) is 0 Å². The van der Waals surface area contributed by atoms with E-state index >= 15 is 0 Å². The topological polar surface area (TPSA) is 21.3 Å². The van der Waals surface area contributed by atoms with Crippen molar-refractivity contribution in [1.82, 2.24) is 5.32 Å². The van der Waals surface area contributed by atoms with Crippen molar-refractivity contribution < 1.29 is 4.74 Å². The maximum Gasteiger partial charge on any atom is 0.123 e. The van der Waals surface area contributed by atoms with Crippen molar-refractivity contribution in [3.05, 3.63) is 29.3 Å². The molecule has 1 aliphatic heterocycles. The van der Waals surface area contributed by atoms with E-state index in [0.717, 1.165) is 12.3 Å². The fraction of sp³-hybridized carbons (Fsp3) is 0.500. The first-order chi connectivity index (χ1) is 6.83. The molecule has 76 valence electrons. The lowest BCUT2D eigenvalue weighted by Gasteiger charge is -2.17. The smallest absolute Gasteiger partial charge is 0.123 e. The summed E-state index contributed by atoms with van der Waals surface area (Å²) in [4.78, 5) is 0. The molecule has 0 spiro atoms. The third-order valence-corrected chi connectivity index (χ3v) is 2.91. The van der Waals surface area contributed by atoms with Gasteiger partial charge in [0, 0.05) is 11.6 Å². The van der Waals surface area contributed by atoms with Gasteiger partial charge in [-0.3, -0.25) is 0 Å². The second kappa shape index (κ2) is 4.01. The second-order valence-corrected chi connectivity index (χ2v) is 3.84. The van der Waals surface area contributed by atoms with Gasteiger partial charge in [0.2, 0.25) is 0 Å². The quantitative estimate of drug-likeness (QED) is 0.775. The Morgan fingerprint density at radius 2 is 2.29 bits per heavy atom. The summed E-state index contributed by atoms with van der Waals surface area (Å²) in [5, 5.41) is 3.51. The van der Waals surface area contributed by atoms with Crippen LogP contribution in [0.15, 0.2) is 18.2 Å². The number of nitrogens with one attached hydrogen (secondary N) is 1. The summed E-state index contributed by atoms with van der Waals surface area (Å²) >= 11 is 0. The Balaban J connectivity index is 2.37. The fourth-order valence-electron chi connectivity index (χ4n) is 2.21. The van der Waals surface area contributed by atoms with Crippen molar-refractivity contribution in [3.8, 4) is 5.75 Å². The zero-order chi connectivity index (χ0) is 9.97. The third kappa shape index (κ3) is 1.62. The SMILES string of the molecule is COc1cccc(C)c1[C@@H]1CCCN1. The molecule has 0 unspecified atom stereocenters. The van der Waals surface area contributed by atoms with Gasteiger partial charge in [-0.05, 0) is 37.9 Å². The average molecular weight is 191 g/mol. The van der Waals surface area contributed by atoms with E-state index in [4.69, 9.17) is 4.74 Å². The highest BCUT2D eigenvalue weighted by Crippen LogP contribution is 2.33. The highest BCUT2D eigenvalue weighted by molar-refractivity contribution is 5.42. The van der Waals surface area contributed by atoms with Crippen molar-refractivity contribution >= 4 is 0 Å². The van der Waals surface area contributed by atoms with Gasteiger partial charge in [-0.1, -0.05) is 12.1 Å². The van der Waals surface area contributed by atoms with Crippen LogP contribution < -0.4 is 10.1 Å². The van der Waals surface area contributed by atoms with Gasteiger partial charge in [0.15, 0.2) is 0 Å². The predicted octanol–water partition coefficient (Wildman–Crippen LogP) is 2.43. The van der Waals surface area contributed by atoms with Crippen LogP contribution in [0, 0.1) is 6.92 Å². The summed E-state index contributed by atoms with van der Waals surface area (Å²) in [7, 11) is 1.74. The Hall–Kier alpha value is -1.02. The zero-order valence-corrected chi connectivity index (χ0v) is 8.84. The number of benzene rings is 1. The summed E-state index contributed by atoms with van der Waals surface area (Å²) in [6, 6.07) is 6.73. The Morgan fingerprint density at radius 1 is 1.43 bits per heavy atom. The van der Waals surface area contributed by atoms with Crippen molar-refractivity contribution in [2.45, 2.75) is 25.8 Å². The number of aryl methyl sites for hydroxylation is 1. The summed E-state index contributed by atoms with van der Waals surface area (Å²) < 4.78 is 5.40. The lowest BCUT2D eigenvalue weighted by Crippen LogP contribution is -2.14. The lowest BCUT2D eigenvalue weighted by atomic mass is 9.99. The van der Waals surface area contributed by atoms with E-state index in [1.165, 1.54) is 24.0 Å². The monoisotopic (exact) mass is 191 g/mol. The number of methoxy groups -OCH3 is 1. The highest BCUT2D eigenvalue weighted by Gasteiger charge is 2.21. The molecular formula is C12H17NO. The maximum atomic E-state index is 5.40. The van der Waals surface area contributed by atoms with Gasteiger partial charge in [-0.2, -0.15) is 0 Å². The van der Waals surface area contributed by atoms with Gasteiger partial charge in [-0.15, -0.1) is 0 Å². The van der Waals surface area contributed by atoms with Crippen LogP contribution in [0.2, 0.25) is 0 Å². The van der Waals surface area contributed by atoms with E-state index in [2.05, 4.69) is 18.3 Å². The Bertz CT molecular complexity index is 316. The normalized spacial score (nSPS) is 21.1. The van der Waals surface area contributed by atoms with Crippen molar-refractivity contribution in [3.63, 3.8) is 0 Å². The summed E-state index contributed by atoms with van der Waals surface area (Å²) in [6.07, 6.45) is 2.49. The van der Waals surface area contributed by atoms with Crippen molar-refractivity contribution in [2.24, 2.45) is 0 Å². The highest BCUT2D eigenvalue weighted by atomic mass is 16.5. The maximum absolute atomic E-state index is 5.40. The minimum Gasteiger partial charge on any atom is -0.496 e. The standard InChI is InChI=1S/C12H17NO/c1-9-5-3-7-11(14-2)12(9)10-6-4-8-13-10/h3,5,7,10,13H,4,6,8H2,1-2H3/t10-/m0/s1. The number of hydrogen-bond donors (Lipinski definition) is 1. The van der Waals surface area contributed by atoms with Crippen LogP contribution in [0.25, 0.3) is 0 Å². The molecule has 2 heteroatoms. The molecule has 0 amide bonds. The lowest BCUT2D eigenvalue weighted by molar-refractivity contribution is 0.402. The van der Waals surface area contributed by atoms with Crippen LogP contribution in [-0.4, -0.2) is 13.7 Å². The summed E-state index contributed by atoms with van der Waals surface area (Å²) in [5.41, 5.74) is 2.66. The van der Waals surface area contributed by atoms with E-state index in [1.807, 2.05) is 12.1 Å². The molecule has 0 bridgehead atoms. The van der Waals surface area contributed by atoms with Crippen LogP contribution in [0.5, 0.6) is 5.75 Å². The number of hydrogen-bond acceptors (Lipinski definition) is 2. The molecule has 1 N–H and O–H groups in total. The number of ether oxygens (including phenoxy) is 1. The molecule has 0 aliphatic carbocycles. The minimum atomic E-state index is 0.492. The Kier molecular flexibility index (Phi) is 2.73. The first kappa shape index (κ1) is 9.53. The first-order valence-corrected chi connectivity index (χ1v) is 5.20. The summed E-state index contributed by atoms with van der Waals surface area (Å²) in [5.74, 6) is 1.02. The molecule has 1 saturated heterocycles. The average Bonchev–Trinajstić information content (AvgIpc) is 2.70. The number of rotatable bonds is 2. The molecule has 1 aliphatic rings. The molecule has 1 aromatic rings. The molecule has 0 saturated carbocycles. The molecule has 0 aromatic heterocycles. The van der Waals surface area contributed by atoms with Crippen molar-refractivity contribution in [2.75, 3.05) is 13.7 Å². The molecule has 1 fully saturated rings. The van der Waals surface area contributed by atoms with Crippen molar-refractivity contribution in [1.29, 1.82) is 0 Å². The Labute approximate surface area is 85.3 Å². The molecule has 2 nitrogen and oxygen atoms in total. The van der Waals surface area contributed by atoms with Gasteiger partial charge in [0.25, 0.3) is 0 Å². The van der Waals surface area contributed by atoms with E-state index < -0.39 is 0 Å². The van der Waals surface area contributed by atoms with E-state index in [1.54, 1.807) is 7.11 Å². The van der Waals surface area contributed by atoms with Gasteiger partial charge >= 0.3 is 0 Å². The van der Waals surface area contributed by atoms with Gasteiger partial charge in [0.05, 0.1) is 7.11 Å². The molecule has 1 atom stereocenters. The minimum absolute atomic E-state index is 0.492. The molecule has 14 heavy (non-hydrogen) atoms. The molecule has 1 aromatic carbocycles. The first-order valence-electron chi connectivity index (χ1n) is 5.20. The fourth-order valence-corrected chi connectivity index (χ4v) is 2.21. The Morgan fingerprint density at radius 3 is 2.93 bits per heavy atom. The van der Waals surface area contributed by atoms with Crippen LogP contribution in [0.1, 0.15) is 30.0 Å². The predicted molar refractivity (Wildman–Crippen MR) is 57.7 cm³/mol. The second-order valence-electron chi connectivity index (χ2n) is 3.84. The van der Waals surface area contributed by atoms with E-state index in [9.17, 15) is 0 Å². The molecule has 1 heterocycles. The molecule has 0 radical (unpaired) electrons. The molecule has 2 rings (SSSR count). The van der Waals surface area contributed by atoms with Gasteiger partial charge in [-0.25, -0.2) is 0 Å². The van der Waals surface area contributed by atoms with Crippen LogP contribution in [-0.2, 0) is 0 Å². The van der Waals surface area contributed by atoms with Crippen LogP contribution >= 0.6 is 0 Å². The molecular weight excluding hydrogens is 174 g/mol. The summed E-state index contributed by atoms with van der Waals surface area (Å²) in [6.45, 7) is 3.28. The van der Waals surface area contributed by atoms with E-state index in [0.29, 0.717) is 6.04 Å². The van der Waals surface area contributed by atoms with Gasteiger partial charge < -0.3 is 10.1 Å². The van der Waals surface area contributed by atoms with Gasteiger partial charge in [0.1, 0.15) is 5.75 Å². The van der Waals surface area contributed by atoms with E-state index in [-0.39, 0.29) is 0 Å². The van der Waals surface area contributed by atoms with Crippen LogP contribution in [0.3, 0.4) is 0 Å².